The Morgan fingerprint density at radius 1 is 1.27 bits per heavy atom. The van der Waals surface area contributed by atoms with Gasteiger partial charge in [0.05, 0.1) is 12.4 Å². The van der Waals surface area contributed by atoms with Crippen LogP contribution in [0.5, 0.6) is 0 Å². The van der Waals surface area contributed by atoms with E-state index in [1.807, 2.05) is 4.57 Å². The molecule has 10 heteroatoms. The molecule has 3 rings (SSSR count). The van der Waals surface area contributed by atoms with Crippen molar-refractivity contribution in [3.05, 3.63) is 29.0 Å². The lowest BCUT2D eigenvalue weighted by Crippen LogP contribution is -2.04. The van der Waals surface area contributed by atoms with Gasteiger partial charge < -0.3 is 18.1 Å². The fourth-order valence-corrected chi connectivity index (χ4v) is 2.75. The maximum Gasteiger partial charge on any atom is 0.283 e. The average molecular weight is 386 g/mol. The van der Waals surface area contributed by atoms with Crippen LogP contribution in [0.3, 0.4) is 0 Å². The van der Waals surface area contributed by atoms with Crippen LogP contribution in [-0.2, 0) is 17.0 Å². The lowest BCUT2D eigenvalue weighted by Gasteiger charge is -2.03. The zero-order valence-electron chi connectivity index (χ0n) is 11.6. The molecule has 0 amide bonds. The first-order chi connectivity index (χ1) is 10.8. The third-order valence-corrected chi connectivity index (χ3v) is 4.08. The Labute approximate surface area is 138 Å². The molecule has 0 N–H and O–H groups in total. The molecular formula is C12H12BrN5O3S. The lowest BCUT2D eigenvalue weighted by atomic mass is 10.5. The summed E-state index contributed by atoms with van der Waals surface area (Å²) >= 11 is 4.70. The molecule has 0 saturated carbocycles. The summed E-state index contributed by atoms with van der Waals surface area (Å²) in [4.78, 5) is 0. The Balaban J connectivity index is 1.63. The second-order valence-electron chi connectivity index (χ2n) is 4.19. The summed E-state index contributed by atoms with van der Waals surface area (Å²) < 4.78 is 18.5. The van der Waals surface area contributed by atoms with Crippen LogP contribution < -0.4 is 0 Å². The first-order valence-electron chi connectivity index (χ1n) is 6.34. The van der Waals surface area contributed by atoms with E-state index in [0.29, 0.717) is 41.1 Å². The van der Waals surface area contributed by atoms with Gasteiger partial charge in [0.1, 0.15) is 6.33 Å². The van der Waals surface area contributed by atoms with Crippen LogP contribution in [0, 0.1) is 0 Å². The minimum Gasteiger partial charge on any atom is -0.444 e. The number of ether oxygens (including phenoxy) is 1. The third kappa shape index (κ3) is 3.57. The SMILES string of the molecule is COCCn1cnnc1SCc1nnc(-c2ccc(Br)o2)o1. The second kappa shape index (κ2) is 7.07. The van der Waals surface area contributed by atoms with Crippen LogP contribution in [0.2, 0.25) is 0 Å². The van der Waals surface area contributed by atoms with E-state index in [0.717, 1.165) is 5.16 Å². The Kier molecular flexibility index (Phi) is 4.90. The first kappa shape index (κ1) is 15.3. The molecule has 3 heterocycles. The summed E-state index contributed by atoms with van der Waals surface area (Å²) in [5.41, 5.74) is 0. The molecule has 22 heavy (non-hydrogen) atoms. The van der Waals surface area contributed by atoms with Gasteiger partial charge in [-0.05, 0) is 28.1 Å². The Morgan fingerprint density at radius 3 is 2.95 bits per heavy atom. The van der Waals surface area contributed by atoms with Crippen molar-refractivity contribution < 1.29 is 13.6 Å². The number of rotatable bonds is 7. The lowest BCUT2D eigenvalue weighted by molar-refractivity contribution is 0.184. The van der Waals surface area contributed by atoms with Gasteiger partial charge in [0.15, 0.2) is 15.6 Å². The topological polar surface area (TPSA) is 92.0 Å². The largest absolute Gasteiger partial charge is 0.444 e. The highest BCUT2D eigenvalue weighted by Crippen LogP contribution is 2.26. The van der Waals surface area contributed by atoms with Gasteiger partial charge in [-0.2, -0.15) is 0 Å². The van der Waals surface area contributed by atoms with Crippen LogP contribution in [0.4, 0.5) is 0 Å². The van der Waals surface area contributed by atoms with Crippen molar-refractivity contribution in [2.45, 2.75) is 17.5 Å². The van der Waals surface area contributed by atoms with Crippen molar-refractivity contribution in [2.75, 3.05) is 13.7 Å². The molecule has 116 valence electrons. The maximum atomic E-state index is 5.56. The Hall–Kier alpha value is -1.65. The molecule has 3 aromatic rings. The van der Waals surface area contributed by atoms with Gasteiger partial charge in [-0.25, -0.2) is 0 Å². The molecule has 0 unspecified atom stereocenters. The van der Waals surface area contributed by atoms with Crippen LogP contribution >= 0.6 is 27.7 Å². The molecule has 0 bridgehead atoms. The number of hydrogen-bond acceptors (Lipinski definition) is 8. The number of methoxy groups -OCH3 is 1. The number of thioether (sulfide) groups is 1. The van der Waals surface area contributed by atoms with Crippen LogP contribution in [0.1, 0.15) is 5.89 Å². The molecule has 3 aromatic heterocycles. The number of hydrogen-bond donors (Lipinski definition) is 0. The standard InChI is InChI=1S/C12H12BrN5O3S/c1-19-5-4-18-7-14-17-12(18)22-6-10-15-16-11(21-10)8-2-3-9(13)20-8/h2-3,7H,4-6H2,1H3. The second-order valence-corrected chi connectivity index (χ2v) is 5.92. The van der Waals surface area contributed by atoms with Gasteiger partial charge >= 0.3 is 0 Å². The van der Waals surface area contributed by atoms with Crippen LogP contribution in [0.25, 0.3) is 11.7 Å². The van der Waals surface area contributed by atoms with Crippen molar-refractivity contribution in [1.82, 2.24) is 25.0 Å². The van der Waals surface area contributed by atoms with Crippen LogP contribution in [0.15, 0.2) is 37.1 Å². The van der Waals surface area contributed by atoms with Gasteiger partial charge in [0.25, 0.3) is 5.89 Å². The number of halogens is 1. The highest BCUT2D eigenvalue weighted by Gasteiger charge is 2.13. The van der Waals surface area contributed by atoms with E-state index in [9.17, 15) is 0 Å². The van der Waals surface area contributed by atoms with Gasteiger partial charge in [-0.1, -0.05) is 11.8 Å². The summed E-state index contributed by atoms with van der Waals surface area (Å²) in [5.74, 6) is 1.87. The van der Waals surface area contributed by atoms with Crippen molar-refractivity contribution >= 4 is 27.7 Å². The summed E-state index contributed by atoms with van der Waals surface area (Å²) in [5, 5.41) is 16.7. The minimum absolute atomic E-state index is 0.349. The summed E-state index contributed by atoms with van der Waals surface area (Å²) in [6.07, 6.45) is 1.67. The van der Waals surface area contributed by atoms with E-state index < -0.39 is 0 Å². The molecule has 0 aliphatic heterocycles. The van der Waals surface area contributed by atoms with E-state index in [1.54, 1.807) is 25.6 Å². The average Bonchev–Trinajstić information content (AvgIpc) is 3.23. The third-order valence-electron chi connectivity index (χ3n) is 2.69. The molecule has 8 nitrogen and oxygen atoms in total. The molecule has 0 aromatic carbocycles. The smallest absolute Gasteiger partial charge is 0.283 e. The molecule has 0 atom stereocenters. The fraction of sp³-hybridized carbons (Fsp3) is 0.333. The Bertz CT molecular complexity index is 741. The van der Waals surface area contributed by atoms with E-state index in [1.165, 1.54) is 11.8 Å². The molecule has 0 spiro atoms. The zero-order chi connectivity index (χ0) is 15.4. The van der Waals surface area contributed by atoms with Gasteiger partial charge in [-0.3, -0.25) is 0 Å². The predicted octanol–water partition coefficient (Wildman–Crippen LogP) is 2.62. The van der Waals surface area contributed by atoms with Crippen molar-refractivity contribution in [3.8, 4) is 11.7 Å². The Morgan fingerprint density at radius 2 is 2.18 bits per heavy atom. The maximum absolute atomic E-state index is 5.56. The van der Waals surface area contributed by atoms with Crippen molar-refractivity contribution in [3.63, 3.8) is 0 Å². The highest BCUT2D eigenvalue weighted by atomic mass is 79.9. The highest BCUT2D eigenvalue weighted by molar-refractivity contribution is 9.10. The molecule has 0 radical (unpaired) electrons. The number of nitrogens with zero attached hydrogens (tertiary/aromatic N) is 5. The van der Waals surface area contributed by atoms with E-state index >= 15 is 0 Å². The van der Waals surface area contributed by atoms with Gasteiger partial charge in [0, 0.05) is 13.7 Å². The molecule has 0 saturated heterocycles. The minimum atomic E-state index is 0.349. The van der Waals surface area contributed by atoms with Crippen molar-refractivity contribution in [2.24, 2.45) is 0 Å². The predicted molar refractivity (Wildman–Crippen MR) is 81.2 cm³/mol. The summed E-state index contributed by atoms with van der Waals surface area (Å²) in [6, 6.07) is 3.53. The quantitative estimate of drug-likeness (QED) is 0.573. The van der Waals surface area contributed by atoms with E-state index in [-0.39, 0.29) is 0 Å². The molecular weight excluding hydrogens is 374 g/mol. The summed E-state index contributed by atoms with van der Waals surface area (Å²) in [7, 11) is 1.66. The summed E-state index contributed by atoms with van der Waals surface area (Å²) in [6.45, 7) is 1.30. The molecule has 0 fully saturated rings. The van der Waals surface area contributed by atoms with Crippen LogP contribution in [-0.4, -0.2) is 38.7 Å². The normalized spacial score (nSPS) is 11.2. The fourth-order valence-electron chi connectivity index (χ4n) is 1.67. The van der Waals surface area contributed by atoms with Gasteiger partial charge in [-0.15, -0.1) is 20.4 Å². The van der Waals surface area contributed by atoms with E-state index in [2.05, 4.69) is 36.3 Å². The number of furan rings is 1. The van der Waals surface area contributed by atoms with Crippen molar-refractivity contribution in [1.29, 1.82) is 0 Å². The van der Waals surface area contributed by atoms with Gasteiger partial charge in [0.2, 0.25) is 5.89 Å². The molecule has 0 aliphatic carbocycles. The monoisotopic (exact) mass is 385 g/mol. The van der Waals surface area contributed by atoms with E-state index in [4.69, 9.17) is 13.6 Å². The number of aromatic nitrogens is 5. The molecule has 0 aliphatic rings. The first-order valence-corrected chi connectivity index (χ1v) is 8.12. The zero-order valence-corrected chi connectivity index (χ0v) is 14.0.